The van der Waals surface area contributed by atoms with Crippen molar-refractivity contribution in [3.05, 3.63) is 94.7 Å². The Morgan fingerprint density at radius 2 is 1.62 bits per heavy atom. The van der Waals surface area contributed by atoms with Crippen molar-refractivity contribution < 1.29 is 73.4 Å². The van der Waals surface area contributed by atoms with Crippen LogP contribution in [0.25, 0.3) is 0 Å². The molecule has 0 bridgehead atoms. The molecule has 3 spiro atoms. The monoisotopic (exact) mass is 1100 g/mol. The molecule has 7 aliphatic heterocycles. The highest BCUT2D eigenvalue weighted by atomic mass is 16.7. The van der Waals surface area contributed by atoms with E-state index in [0.717, 1.165) is 61.9 Å². The van der Waals surface area contributed by atoms with Crippen molar-refractivity contribution in [3.8, 4) is 0 Å². The van der Waals surface area contributed by atoms with E-state index in [9.17, 15) is 35.1 Å². The minimum Gasteiger partial charge on any atom is -0.479 e. The summed E-state index contributed by atoms with van der Waals surface area (Å²) in [7, 11) is 0. The molecule has 6 saturated heterocycles. The summed E-state index contributed by atoms with van der Waals surface area (Å²) in [5.74, 6) is -4.73. The molecule has 17 atom stereocenters. The first-order valence-electron chi connectivity index (χ1n) is 29.5. The minimum atomic E-state index is -1.96. The number of allylic oxidation sites excluding steroid dienone is 9. The van der Waals surface area contributed by atoms with E-state index in [4.69, 9.17) is 38.3 Å². The van der Waals surface area contributed by atoms with Crippen molar-refractivity contribution in [3.63, 3.8) is 0 Å². The van der Waals surface area contributed by atoms with Crippen LogP contribution in [0.5, 0.6) is 0 Å². The largest absolute Gasteiger partial charge is 0.479 e. The Balaban J connectivity index is 0.000000345. The Kier molecular flexibility index (Phi) is 21.0. The summed E-state index contributed by atoms with van der Waals surface area (Å²) in [5.41, 5.74) is 4.54. The van der Waals surface area contributed by atoms with Crippen molar-refractivity contribution in [2.75, 3.05) is 6.61 Å². The number of carboxylic acid groups (broad SMARTS) is 2. The van der Waals surface area contributed by atoms with Crippen LogP contribution in [-0.2, 0) is 42.7 Å². The second-order valence-electron chi connectivity index (χ2n) is 25.6. The first-order valence-corrected chi connectivity index (χ1v) is 29.5. The lowest BCUT2D eigenvalue weighted by atomic mass is 9.72. The number of carbonyl (C=O) groups is 2. The number of hydrogen-bond acceptors (Lipinski definition) is 13. The summed E-state index contributed by atoms with van der Waals surface area (Å²) in [5, 5.41) is 62.7. The fourth-order valence-corrected chi connectivity index (χ4v) is 13.4. The third-order valence-electron chi connectivity index (χ3n) is 18.1. The molecule has 0 amide bonds. The first kappa shape index (κ1) is 63.0. The van der Waals surface area contributed by atoms with Crippen molar-refractivity contribution in [1.29, 1.82) is 0 Å². The topological polar surface area (TPSA) is 220 Å². The van der Waals surface area contributed by atoms with Gasteiger partial charge in [-0.2, -0.15) is 0 Å². The molecular formula is C64H96O15. The summed E-state index contributed by atoms with van der Waals surface area (Å²) < 4.78 is 45.2. The molecule has 442 valence electrons. The van der Waals surface area contributed by atoms with Gasteiger partial charge in [0.05, 0.1) is 43.2 Å². The SMILES string of the molecule is C=C1[C@@H](O)[C@@H]2O[C@]3(CC[C@H](/C=C/[C@@H](C)[C@@H]4CC(C)=C[C@@]5(O[C@H](C[C@@](C)(O)C(=O)O)CC[C@H]5O)O4)O3)CC[C@H]2O[C@@H]1[C@@H](O)C[C@H](C)[C@H]1O[C@@]2(CCCCO2)CC[C@H]1C.CC1=C(/C=C/C(C)=C/C=C/C(C)=C/C(=O)O)C(C)(C)CCC1. The van der Waals surface area contributed by atoms with Gasteiger partial charge in [0, 0.05) is 44.1 Å². The molecule has 79 heavy (non-hydrogen) atoms. The smallest absolute Gasteiger partial charge is 0.335 e. The van der Waals surface area contributed by atoms with E-state index < -0.39 is 77.6 Å². The molecule has 7 heterocycles. The van der Waals surface area contributed by atoms with Crippen molar-refractivity contribution in [2.24, 2.45) is 23.2 Å². The molecule has 0 radical (unpaired) electrons. The highest BCUT2D eigenvalue weighted by Crippen LogP contribution is 2.48. The van der Waals surface area contributed by atoms with Gasteiger partial charge >= 0.3 is 11.9 Å². The fourth-order valence-electron chi connectivity index (χ4n) is 13.4. The molecule has 0 unspecified atom stereocenters. The van der Waals surface area contributed by atoms with Crippen LogP contribution >= 0.6 is 0 Å². The van der Waals surface area contributed by atoms with Crippen LogP contribution < -0.4 is 0 Å². The average molecular weight is 1110 g/mol. The van der Waals surface area contributed by atoms with Crippen LogP contribution in [-0.4, -0.2) is 133 Å². The van der Waals surface area contributed by atoms with Gasteiger partial charge in [0.1, 0.15) is 24.4 Å². The zero-order valence-electron chi connectivity index (χ0n) is 49.0. The van der Waals surface area contributed by atoms with Gasteiger partial charge in [-0.1, -0.05) is 100 Å². The summed E-state index contributed by atoms with van der Waals surface area (Å²) >= 11 is 0. The number of fused-ring (bicyclic) bond motifs is 1. The molecule has 6 N–H and O–H groups in total. The van der Waals surface area contributed by atoms with Crippen LogP contribution in [0.3, 0.4) is 0 Å². The quantitative estimate of drug-likeness (QED) is 0.0510. The number of ether oxygens (including phenoxy) is 7. The lowest BCUT2D eigenvalue weighted by molar-refractivity contribution is -0.321. The predicted octanol–water partition coefficient (Wildman–Crippen LogP) is 10.8. The molecule has 8 rings (SSSR count). The summed E-state index contributed by atoms with van der Waals surface area (Å²) in [6.07, 6.45) is 24.4. The second-order valence-corrected chi connectivity index (χ2v) is 25.6. The van der Waals surface area contributed by atoms with Gasteiger partial charge in [0.2, 0.25) is 5.79 Å². The van der Waals surface area contributed by atoms with E-state index in [1.165, 1.54) is 43.4 Å². The van der Waals surface area contributed by atoms with E-state index in [1.54, 1.807) is 19.1 Å². The first-order chi connectivity index (χ1) is 37.1. The van der Waals surface area contributed by atoms with E-state index in [2.05, 4.69) is 66.3 Å². The summed E-state index contributed by atoms with van der Waals surface area (Å²) in [4.78, 5) is 22.1. The lowest BCUT2D eigenvalue weighted by Crippen LogP contribution is -2.60. The van der Waals surface area contributed by atoms with Crippen LogP contribution in [0.15, 0.2) is 94.7 Å². The maximum absolute atomic E-state index is 11.6. The normalized spacial score (nSPS) is 38.4. The molecule has 8 aliphatic rings. The highest BCUT2D eigenvalue weighted by Gasteiger charge is 2.55. The molecule has 0 aromatic heterocycles. The third-order valence-corrected chi connectivity index (χ3v) is 18.1. The molecule has 6 fully saturated rings. The third kappa shape index (κ3) is 15.8. The molecule has 0 aromatic rings. The molecule has 0 saturated carbocycles. The number of rotatable bonds is 15. The molecule has 1 aliphatic carbocycles. The lowest BCUT2D eigenvalue weighted by Gasteiger charge is -2.50. The van der Waals surface area contributed by atoms with E-state index >= 15 is 0 Å². The number of aliphatic hydroxyl groups is 4. The molecule has 0 aromatic carbocycles. The van der Waals surface area contributed by atoms with Gasteiger partial charge < -0.3 is 63.8 Å². The standard InChI is InChI=1S/C44H68O13.C20H28O2/c1-25-21-34(55-44(23-25)35(46)12-11-31(54-44)24-41(6,50)40(48)49)26(2)9-10-30-14-18-43(53-30)19-15-33-39(57-43)36(47)29(5)38(52-33)32(45)22-28(4)37-27(3)13-17-42(56-37)16-7-8-20-51-42;1-15(8-6-9-16(2)14-19(21)22)11-12-18-17(3)10-7-13-20(18,4)5/h9-10,23,26-28,30-39,45-47,50H,5,7-8,11-22,24H2,1-4,6H3,(H,48,49);6,8-9,11-12,14H,7,10,13H2,1-5H3,(H,21,22)/b10-9+;9-6+,12-11+,15-8+,16-14+/t26-,27-,28+,30+,31+,32+,33-,34+,35-,36-,37+,38+,39-,41-,42+,43-,44-;/m1./s1. The Hall–Kier alpha value is -3.58. The maximum atomic E-state index is 11.6. The Labute approximate surface area is 470 Å². The van der Waals surface area contributed by atoms with Crippen LogP contribution in [0, 0.1) is 23.2 Å². The number of carboxylic acids is 2. The van der Waals surface area contributed by atoms with Crippen LogP contribution in [0.4, 0.5) is 0 Å². The Morgan fingerprint density at radius 1 is 0.886 bits per heavy atom. The van der Waals surface area contributed by atoms with Gasteiger partial charge in [-0.05, 0) is 152 Å². The highest BCUT2D eigenvalue weighted by molar-refractivity contribution is 5.81. The Morgan fingerprint density at radius 3 is 2.32 bits per heavy atom. The molecule has 15 nitrogen and oxygen atoms in total. The van der Waals surface area contributed by atoms with Crippen molar-refractivity contribution in [2.45, 2.75) is 262 Å². The van der Waals surface area contributed by atoms with E-state index in [-0.39, 0.29) is 42.0 Å². The fraction of sp³-hybridized carbons (Fsp3) is 0.719. The molecule has 15 heteroatoms. The van der Waals surface area contributed by atoms with E-state index in [1.807, 2.05) is 32.1 Å². The summed E-state index contributed by atoms with van der Waals surface area (Å²) in [6.45, 7) is 25.2. The minimum absolute atomic E-state index is 0.0423. The zero-order valence-corrected chi connectivity index (χ0v) is 49.0. The zero-order chi connectivity index (χ0) is 57.7. The van der Waals surface area contributed by atoms with Crippen molar-refractivity contribution in [1.82, 2.24) is 0 Å². The van der Waals surface area contributed by atoms with Crippen LogP contribution in [0.2, 0.25) is 0 Å². The number of aliphatic hydroxyl groups excluding tert-OH is 3. The predicted molar refractivity (Wildman–Crippen MR) is 301 cm³/mol. The molecular weight excluding hydrogens is 1010 g/mol. The van der Waals surface area contributed by atoms with Gasteiger partial charge in [0.15, 0.2) is 17.2 Å². The van der Waals surface area contributed by atoms with E-state index in [0.29, 0.717) is 56.4 Å². The maximum Gasteiger partial charge on any atom is 0.335 e. The van der Waals surface area contributed by atoms with Gasteiger partial charge in [0.25, 0.3) is 0 Å². The summed E-state index contributed by atoms with van der Waals surface area (Å²) in [6, 6.07) is 0. The number of aliphatic carboxylic acids is 2. The number of hydrogen-bond donors (Lipinski definition) is 6. The van der Waals surface area contributed by atoms with Gasteiger partial charge in [-0.25, -0.2) is 9.59 Å². The van der Waals surface area contributed by atoms with Crippen molar-refractivity contribution >= 4 is 11.9 Å². The van der Waals surface area contributed by atoms with Gasteiger partial charge in [-0.15, -0.1) is 0 Å². The van der Waals surface area contributed by atoms with Gasteiger partial charge in [-0.3, -0.25) is 0 Å². The van der Waals surface area contributed by atoms with Crippen LogP contribution in [0.1, 0.15) is 178 Å². The Bertz CT molecular complexity index is 2370. The second kappa shape index (κ2) is 26.3. The average Bonchev–Trinajstić information content (AvgIpc) is 3.81.